The zero-order valence-corrected chi connectivity index (χ0v) is 64.0. The molecular formula is C68H89ClF6N14O14S4. The number of nitrogens with one attached hydrogen (secondary N) is 3. The van der Waals surface area contributed by atoms with Gasteiger partial charge in [0.25, 0.3) is 20.4 Å². The van der Waals surface area contributed by atoms with Crippen molar-refractivity contribution in [3.8, 4) is 0 Å². The first-order valence-electron chi connectivity index (χ1n) is 33.5. The van der Waals surface area contributed by atoms with E-state index in [9.17, 15) is 89.8 Å². The summed E-state index contributed by atoms with van der Waals surface area (Å²) in [6.07, 6.45) is -7.58. The van der Waals surface area contributed by atoms with E-state index in [1.54, 1.807) is 28.6 Å². The predicted octanol–water partition coefficient (Wildman–Crippen LogP) is 10.9. The summed E-state index contributed by atoms with van der Waals surface area (Å²) in [6, 6.07) is 30.7. The molecule has 0 aromatic heterocycles. The number of sulfonamides is 3. The molecule has 588 valence electrons. The number of urea groups is 1. The molecule has 0 atom stereocenters. The Morgan fingerprint density at radius 2 is 0.729 bits per heavy atom. The molecule has 107 heavy (non-hydrogen) atoms. The minimum Gasteiger partial charge on any atom is -0.399 e. The maximum atomic E-state index is 12.9. The lowest BCUT2D eigenvalue weighted by atomic mass is 10.2. The second kappa shape index (κ2) is 40.4. The Morgan fingerprint density at radius 1 is 0.458 bits per heavy atom. The number of hydrogen-bond donors (Lipinski definition) is 4. The fourth-order valence-electron chi connectivity index (χ4n) is 10.7. The summed E-state index contributed by atoms with van der Waals surface area (Å²) in [7, 11) is -9.38. The number of nitrogens with zero attached hydrogens (tertiary/aromatic N) is 10. The van der Waals surface area contributed by atoms with Gasteiger partial charge in [0.1, 0.15) is 0 Å². The average molecular weight is 1600 g/mol. The van der Waals surface area contributed by atoms with E-state index in [2.05, 4.69) is 95.9 Å². The first-order chi connectivity index (χ1) is 49.9. The maximum absolute atomic E-state index is 12.9. The third-order valence-electron chi connectivity index (χ3n) is 17.0. The second-order valence-corrected chi connectivity index (χ2v) is 33.8. The summed E-state index contributed by atoms with van der Waals surface area (Å²) in [5.74, 6) is 0. The molecule has 6 aromatic carbocycles. The summed E-state index contributed by atoms with van der Waals surface area (Å²) in [4.78, 5) is 54.2. The number of carbonyl (C=O) groups excluding carboxylic acids is 2. The third-order valence-corrected chi connectivity index (χ3v) is 24.1. The van der Waals surface area contributed by atoms with E-state index < -0.39 is 78.5 Å². The average Bonchev–Trinajstić information content (AvgIpc) is 0.808. The molecule has 6 aromatic rings. The van der Waals surface area contributed by atoms with Crippen molar-refractivity contribution in [1.29, 1.82) is 0 Å². The van der Waals surface area contributed by atoms with E-state index in [-0.39, 0.29) is 37.4 Å². The summed E-state index contributed by atoms with van der Waals surface area (Å²) in [6.45, 7) is 29.0. The number of piperazine rings is 4. The first-order valence-corrected chi connectivity index (χ1v) is 40.2. The van der Waals surface area contributed by atoms with Crippen molar-refractivity contribution in [2.75, 3.05) is 121 Å². The van der Waals surface area contributed by atoms with Crippen molar-refractivity contribution in [3.05, 3.63) is 177 Å². The number of isocyanates is 1. The highest BCUT2D eigenvalue weighted by atomic mass is 35.7. The maximum Gasteiger partial charge on any atom is 0.416 e. The van der Waals surface area contributed by atoms with Gasteiger partial charge >= 0.3 is 18.4 Å². The largest absolute Gasteiger partial charge is 0.416 e. The van der Waals surface area contributed by atoms with Crippen molar-refractivity contribution in [2.45, 2.75) is 111 Å². The number of hydrogen-bond acceptors (Lipinski definition) is 21. The number of alkyl halides is 6. The second-order valence-electron chi connectivity index (χ2n) is 25.4. The molecule has 2 amide bonds. The third kappa shape index (κ3) is 28.1. The van der Waals surface area contributed by atoms with Gasteiger partial charge in [-0.05, 0) is 177 Å². The topological polar surface area (TPSA) is 354 Å². The number of benzene rings is 6. The number of nitrogens with two attached hydrogens (primary N) is 1. The molecule has 0 aliphatic carbocycles. The number of non-ortho nitro benzene ring substituents is 2. The van der Waals surface area contributed by atoms with Crippen LogP contribution in [0.4, 0.5) is 65.3 Å². The highest BCUT2D eigenvalue weighted by Gasteiger charge is 2.34. The van der Waals surface area contributed by atoms with Gasteiger partial charge in [-0.2, -0.15) is 44.3 Å². The van der Waals surface area contributed by atoms with Crippen LogP contribution in [0.25, 0.3) is 0 Å². The number of anilines is 3. The Balaban J connectivity index is 0.000000241. The van der Waals surface area contributed by atoms with Crippen LogP contribution in [0, 0.1) is 20.2 Å². The molecule has 4 heterocycles. The highest BCUT2D eigenvalue weighted by molar-refractivity contribution is 8.13. The van der Waals surface area contributed by atoms with Crippen LogP contribution < -0.4 is 21.7 Å². The smallest absolute Gasteiger partial charge is 0.399 e. The lowest BCUT2D eigenvalue weighted by Gasteiger charge is -2.36. The fourth-order valence-corrected chi connectivity index (χ4v) is 15.7. The normalized spacial score (nSPS) is 16.3. The van der Waals surface area contributed by atoms with Crippen LogP contribution in [0.3, 0.4) is 0 Å². The van der Waals surface area contributed by atoms with Crippen LogP contribution in [0.5, 0.6) is 0 Å². The number of amides is 2. The van der Waals surface area contributed by atoms with E-state index in [0.29, 0.717) is 99.8 Å². The van der Waals surface area contributed by atoms with Crippen molar-refractivity contribution >= 4 is 96.0 Å². The van der Waals surface area contributed by atoms with Crippen molar-refractivity contribution in [2.24, 2.45) is 4.99 Å². The molecule has 10 rings (SSSR count). The molecule has 0 unspecified atom stereocenters. The number of halogens is 7. The summed E-state index contributed by atoms with van der Waals surface area (Å²) in [5, 5.41) is 29.1. The first kappa shape index (κ1) is 89.5. The molecule has 0 radical (unpaired) electrons. The van der Waals surface area contributed by atoms with Crippen LogP contribution in [0.15, 0.2) is 170 Å². The lowest BCUT2D eigenvalue weighted by Crippen LogP contribution is -2.50. The van der Waals surface area contributed by atoms with Gasteiger partial charge in [-0.15, -0.1) is 0 Å². The molecule has 0 saturated carbocycles. The Morgan fingerprint density at radius 3 is 1.00 bits per heavy atom. The number of nitro groups is 2. The number of aliphatic imine (C=N–C) groups is 1. The van der Waals surface area contributed by atoms with Crippen LogP contribution in [-0.2, 0) is 56.3 Å². The molecule has 4 fully saturated rings. The molecule has 4 saturated heterocycles. The van der Waals surface area contributed by atoms with Gasteiger partial charge in [0.2, 0.25) is 36.1 Å². The van der Waals surface area contributed by atoms with E-state index in [0.717, 1.165) is 105 Å². The molecule has 5 N–H and O–H groups in total. The van der Waals surface area contributed by atoms with E-state index in [4.69, 9.17) is 16.4 Å². The van der Waals surface area contributed by atoms with E-state index in [1.165, 1.54) is 76.3 Å². The predicted molar refractivity (Wildman–Crippen MR) is 396 cm³/mol. The van der Waals surface area contributed by atoms with Crippen LogP contribution in [0.2, 0.25) is 0 Å². The van der Waals surface area contributed by atoms with Gasteiger partial charge in [0.15, 0.2) is 0 Å². The molecule has 4 aliphatic heterocycles. The Hall–Kier alpha value is -8.08. The van der Waals surface area contributed by atoms with Crippen LogP contribution in [0.1, 0.15) is 66.5 Å². The fraction of sp³-hybridized carbons (Fsp3) is 0.441. The molecule has 0 bridgehead atoms. The number of nitrogen functional groups attached to an aromatic ring is 1. The SMILES string of the molecule is CC(C)N1CCN(S(=O)(=O)c2ccc(N)cc2)CC1.CC(C)N1CCN(S(=O)(=O)c2ccc(NC(=O)Nc3ccc(C(F)(F)F)cc3)cc2)CC1.CC(C)N1CCN(S(=O)(=O)c2ccc([N+](=O)[O-])cc2)CC1.CC(C)N1CCNCC1.O=C=Nc1ccc(C(F)(F)F)cc1.O=[N+]([O-])c1ccc(S(=O)(=O)Cl)cc1. The minimum atomic E-state index is -4.45. The van der Waals surface area contributed by atoms with Crippen molar-refractivity contribution < 1.29 is 79.4 Å². The van der Waals surface area contributed by atoms with Gasteiger partial charge < -0.3 is 21.7 Å². The van der Waals surface area contributed by atoms with Gasteiger partial charge in [-0.25, -0.2) is 43.3 Å². The lowest BCUT2D eigenvalue weighted by molar-refractivity contribution is -0.385. The molecule has 0 spiro atoms. The number of nitro benzene ring substituents is 2. The summed E-state index contributed by atoms with van der Waals surface area (Å²) in [5.41, 5.74) is 4.98. The zero-order valence-electron chi connectivity index (χ0n) is 60.0. The van der Waals surface area contributed by atoms with E-state index in [1.807, 2.05) is 0 Å². The van der Waals surface area contributed by atoms with Crippen molar-refractivity contribution in [3.63, 3.8) is 0 Å². The Kier molecular flexibility index (Phi) is 33.8. The van der Waals surface area contributed by atoms with Crippen molar-refractivity contribution in [1.82, 2.24) is 37.8 Å². The van der Waals surface area contributed by atoms with Gasteiger partial charge in [-0.3, -0.25) is 39.8 Å². The quantitative estimate of drug-likeness (QED) is 0.0133. The molecule has 4 aliphatic rings. The van der Waals surface area contributed by atoms with Gasteiger partial charge in [0.05, 0.1) is 46.2 Å². The Labute approximate surface area is 624 Å². The standard InChI is InChI=1S/C21H25F3N4O3S.C13H19N3O4S.C13H21N3O2S.C8H4F3NO.C7H16N2.C6H4ClNO4S/c1-15(2)27-11-13-28(14-12-27)32(30,31)19-9-7-18(8-10-19)26-20(29)25-17-5-3-16(4-6-17)21(22,23)24;1-11(2)14-7-9-15(10-8-14)21(19,20)13-5-3-12(4-6-13)16(17)18;1-11(2)15-7-9-16(10-8-15)19(17,18)13-5-3-12(14)4-6-13;9-8(10,11)6-1-3-7(4-2-6)12-5-13;1-7(2)9-5-3-8-4-6-9;7-13(11,12)6-3-1-5(2-4-6)8(9)10/h3-10,15H,11-14H2,1-2H3,(H2,25,26,29);3-6,11H,7-10H2,1-2H3;3-6,11H,7-10,14H2,1-2H3;1-4H;7-8H,3-6H2,1-2H3;1-4H. The number of rotatable bonds is 16. The summed E-state index contributed by atoms with van der Waals surface area (Å²) >= 11 is 0. The highest BCUT2D eigenvalue weighted by Crippen LogP contribution is 2.32. The van der Waals surface area contributed by atoms with Crippen LogP contribution in [-0.4, -0.2) is 217 Å². The molecular weight excluding hydrogens is 1510 g/mol. The minimum absolute atomic E-state index is 0.103. The zero-order chi connectivity index (χ0) is 79.8. The van der Waals surface area contributed by atoms with Gasteiger partial charge in [-0.1, -0.05) is 0 Å². The number of carbonyl (C=O) groups is 1. The molecule has 39 heteroatoms. The molecule has 28 nitrogen and oxygen atoms in total. The van der Waals surface area contributed by atoms with Gasteiger partial charge in [0, 0.05) is 181 Å². The van der Waals surface area contributed by atoms with Crippen LogP contribution >= 0.6 is 10.7 Å². The van der Waals surface area contributed by atoms with E-state index >= 15 is 0 Å². The monoisotopic (exact) mass is 1600 g/mol. The Bertz CT molecular complexity index is 4360. The summed E-state index contributed by atoms with van der Waals surface area (Å²) < 4.78 is 175.